The molecule has 0 N–H and O–H groups in total. The van der Waals surface area contributed by atoms with Gasteiger partial charge in [-0.15, -0.1) is 21.5 Å². The molecule has 7 heteroatoms. The molecular weight excluding hydrogens is 402 g/mol. The summed E-state index contributed by atoms with van der Waals surface area (Å²) in [4.78, 5) is 0.384. The highest BCUT2D eigenvalue weighted by molar-refractivity contribution is 7.89. The monoisotopic (exact) mass is 433 g/mol. The number of benzene rings is 1. The van der Waals surface area contributed by atoms with E-state index in [9.17, 15) is 8.42 Å². The van der Waals surface area contributed by atoms with E-state index in [0.29, 0.717) is 23.9 Å². The standard InChI is InChI=1S/C22H31N3O2S2/c1-22(2,3)18-10-12-19(13-11-18)29(26,27)25-14-6-9-17(15-25)21-24-23-20(28-21)16-7-4-5-8-16/h10-13,16-17H,4-9,14-15H2,1-3H3. The summed E-state index contributed by atoms with van der Waals surface area (Å²) >= 11 is 1.71. The van der Waals surface area contributed by atoms with Crippen LogP contribution in [0.5, 0.6) is 0 Å². The van der Waals surface area contributed by atoms with Gasteiger partial charge in [-0.1, -0.05) is 45.7 Å². The molecule has 1 aromatic heterocycles. The van der Waals surface area contributed by atoms with E-state index in [4.69, 9.17) is 0 Å². The molecule has 0 amide bonds. The van der Waals surface area contributed by atoms with Crippen molar-refractivity contribution < 1.29 is 8.42 Å². The predicted octanol–water partition coefficient (Wildman–Crippen LogP) is 5.06. The second-order valence-corrected chi connectivity index (χ2v) is 12.4. The van der Waals surface area contributed by atoms with Crippen LogP contribution in [0.3, 0.4) is 0 Å². The lowest BCUT2D eigenvalue weighted by molar-refractivity contribution is 0.314. The molecule has 1 saturated heterocycles. The first-order valence-corrected chi connectivity index (χ1v) is 12.9. The third-order valence-corrected chi connectivity index (χ3v) is 9.38. The number of rotatable bonds is 4. The van der Waals surface area contributed by atoms with Gasteiger partial charge < -0.3 is 0 Å². The Bertz CT molecular complexity index is 939. The second-order valence-electron chi connectivity index (χ2n) is 9.44. The van der Waals surface area contributed by atoms with Gasteiger partial charge in [-0.25, -0.2) is 8.42 Å². The van der Waals surface area contributed by atoms with Crippen molar-refractivity contribution in [3.05, 3.63) is 39.8 Å². The lowest BCUT2D eigenvalue weighted by atomic mass is 9.87. The van der Waals surface area contributed by atoms with Gasteiger partial charge in [0.25, 0.3) is 0 Å². The molecular formula is C22H31N3O2S2. The molecule has 1 atom stereocenters. The first kappa shape index (κ1) is 20.9. The second kappa shape index (κ2) is 8.08. The average Bonchev–Trinajstić information content (AvgIpc) is 3.39. The van der Waals surface area contributed by atoms with Crippen molar-refractivity contribution in [1.29, 1.82) is 0 Å². The molecule has 1 unspecified atom stereocenters. The molecule has 1 aliphatic heterocycles. The maximum absolute atomic E-state index is 13.2. The summed E-state index contributed by atoms with van der Waals surface area (Å²) in [6, 6.07) is 7.38. The van der Waals surface area contributed by atoms with E-state index in [0.717, 1.165) is 28.4 Å². The van der Waals surface area contributed by atoms with Gasteiger partial charge in [-0.2, -0.15) is 4.31 Å². The number of sulfonamides is 1. The van der Waals surface area contributed by atoms with E-state index in [-0.39, 0.29) is 11.3 Å². The molecule has 5 nitrogen and oxygen atoms in total. The number of piperidine rings is 1. The Hall–Kier alpha value is -1.31. The van der Waals surface area contributed by atoms with E-state index in [1.165, 1.54) is 25.7 Å². The Morgan fingerprint density at radius 3 is 2.14 bits per heavy atom. The van der Waals surface area contributed by atoms with Gasteiger partial charge in [-0.3, -0.25) is 0 Å². The number of hydrogen-bond donors (Lipinski definition) is 0. The minimum absolute atomic E-state index is 0.00732. The first-order valence-electron chi connectivity index (χ1n) is 10.7. The van der Waals surface area contributed by atoms with E-state index >= 15 is 0 Å². The molecule has 2 aliphatic rings. The predicted molar refractivity (Wildman–Crippen MR) is 117 cm³/mol. The zero-order valence-electron chi connectivity index (χ0n) is 17.6. The molecule has 0 spiro atoms. The highest BCUT2D eigenvalue weighted by Gasteiger charge is 2.33. The van der Waals surface area contributed by atoms with E-state index in [2.05, 4.69) is 31.0 Å². The van der Waals surface area contributed by atoms with Gasteiger partial charge in [-0.05, 0) is 48.8 Å². The lowest BCUT2D eigenvalue weighted by Crippen LogP contribution is -2.39. The molecule has 4 rings (SSSR count). The summed E-state index contributed by atoms with van der Waals surface area (Å²) in [6.07, 6.45) is 6.83. The molecule has 2 aromatic rings. The van der Waals surface area contributed by atoms with Crippen molar-refractivity contribution in [3.63, 3.8) is 0 Å². The van der Waals surface area contributed by atoms with E-state index < -0.39 is 10.0 Å². The van der Waals surface area contributed by atoms with Crippen molar-refractivity contribution in [2.75, 3.05) is 13.1 Å². The minimum atomic E-state index is -3.48. The highest BCUT2D eigenvalue weighted by atomic mass is 32.2. The Kier molecular flexibility index (Phi) is 5.84. The molecule has 2 fully saturated rings. The molecule has 158 valence electrons. The molecule has 0 radical (unpaired) electrons. The molecule has 1 aromatic carbocycles. The lowest BCUT2D eigenvalue weighted by Gasteiger charge is -2.31. The summed E-state index contributed by atoms with van der Waals surface area (Å²) in [7, 11) is -3.48. The van der Waals surface area contributed by atoms with Crippen molar-refractivity contribution in [1.82, 2.24) is 14.5 Å². The first-order chi connectivity index (χ1) is 13.7. The quantitative estimate of drug-likeness (QED) is 0.676. The summed E-state index contributed by atoms with van der Waals surface area (Å²) in [6.45, 7) is 7.48. The van der Waals surface area contributed by atoms with Crippen LogP contribution < -0.4 is 0 Å². The van der Waals surface area contributed by atoms with E-state index in [1.807, 2.05) is 12.1 Å². The molecule has 2 heterocycles. The van der Waals surface area contributed by atoms with Crippen LogP contribution in [0.2, 0.25) is 0 Å². The number of hydrogen-bond acceptors (Lipinski definition) is 5. The highest BCUT2D eigenvalue weighted by Crippen LogP contribution is 2.38. The summed E-state index contributed by atoms with van der Waals surface area (Å²) in [5, 5.41) is 11.1. The molecule has 1 aliphatic carbocycles. The number of nitrogens with zero attached hydrogens (tertiary/aromatic N) is 3. The maximum Gasteiger partial charge on any atom is 0.243 e. The Morgan fingerprint density at radius 2 is 1.52 bits per heavy atom. The van der Waals surface area contributed by atoms with Crippen molar-refractivity contribution in [2.24, 2.45) is 0 Å². The SMILES string of the molecule is CC(C)(C)c1ccc(S(=O)(=O)N2CCCC(c3nnc(C4CCCC4)s3)C2)cc1. The van der Waals surface area contributed by atoms with Crippen LogP contribution in [0.1, 0.15) is 86.7 Å². The summed E-state index contributed by atoms with van der Waals surface area (Å²) < 4.78 is 28.1. The smallest absolute Gasteiger partial charge is 0.207 e. The van der Waals surface area contributed by atoms with Gasteiger partial charge >= 0.3 is 0 Å². The Morgan fingerprint density at radius 1 is 0.931 bits per heavy atom. The zero-order chi connectivity index (χ0) is 20.6. The fraction of sp³-hybridized carbons (Fsp3) is 0.636. The van der Waals surface area contributed by atoms with Gasteiger partial charge in [0, 0.05) is 24.9 Å². The summed E-state index contributed by atoms with van der Waals surface area (Å²) in [5.74, 6) is 0.714. The van der Waals surface area contributed by atoms with Crippen LogP contribution in [0.25, 0.3) is 0 Å². The van der Waals surface area contributed by atoms with Crippen LogP contribution in [-0.2, 0) is 15.4 Å². The third-order valence-electron chi connectivity index (χ3n) is 6.25. The largest absolute Gasteiger partial charge is 0.243 e. The van der Waals surface area contributed by atoms with Gasteiger partial charge in [0.1, 0.15) is 10.0 Å². The zero-order valence-corrected chi connectivity index (χ0v) is 19.2. The molecule has 29 heavy (non-hydrogen) atoms. The van der Waals surface area contributed by atoms with Crippen LogP contribution in [0.4, 0.5) is 0 Å². The van der Waals surface area contributed by atoms with Gasteiger partial charge in [0.2, 0.25) is 10.0 Å². The molecule has 0 bridgehead atoms. The minimum Gasteiger partial charge on any atom is -0.207 e. The van der Waals surface area contributed by atoms with E-state index in [1.54, 1.807) is 27.8 Å². The maximum atomic E-state index is 13.2. The van der Waals surface area contributed by atoms with Crippen molar-refractivity contribution in [2.45, 2.75) is 81.4 Å². The average molecular weight is 434 g/mol. The van der Waals surface area contributed by atoms with Crippen LogP contribution in [0, 0.1) is 0 Å². The van der Waals surface area contributed by atoms with Crippen LogP contribution >= 0.6 is 11.3 Å². The normalized spacial score (nSPS) is 22.2. The van der Waals surface area contributed by atoms with Crippen molar-refractivity contribution >= 4 is 21.4 Å². The third kappa shape index (κ3) is 4.42. The van der Waals surface area contributed by atoms with Crippen LogP contribution in [-0.4, -0.2) is 36.0 Å². The number of aromatic nitrogens is 2. The Labute approximate surface area is 178 Å². The molecule has 1 saturated carbocycles. The van der Waals surface area contributed by atoms with Crippen LogP contribution in [0.15, 0.2) is 29.2 Å². The van der Waals surface area contributed by atoms with Crippen molar-refractivity contribution in [3.8, 4) is 0 Å². The van der Waals surface area contributed by atoms with Gasteiger partial charge in [0.05, 0.1) is 4.90 Å². The van der Waals surface area contributed by atoms with Gasteiger partial charge in [0.15, 0.2) is 0 Å². The fourth-order valence-corrected chi connectivity index (χ4v) is 7.05. The summed E-state index contributed by atoms with van der Waals surface area (Å²) in [5.41, 5.74) is 1.15. The topological polar surface area (TPSA) is 63.2 Å². The fourth-order valence-electron chi connectivity index (χ4n) is 4.39. The Balaban J connectivity index is 1.50.